The molecule has 0 saturated heterocycles. The van der Waals surface area contributed by atoms with Gasteiger partial charge in [-0.3, -0.25) is 4.98 Å². The van der Waals surface area contributed by atoms with Crippen molar-refractivity contribution in [2.24, 2.45) is 0 Å². The van der Waals surface area contributed by atoms with Crippen LogP contribution in [0.25, 0.3) is 77.8 Å². The van der Waals surface area contributed by atoms with Crippen molar-refractivity contribution in [2.75, 3.05) is 0 Å². The van der Waals surface area contributed by atoms with Crippen molar-refractivity contribution in [3.63, 3.8) is 0 Å². The van der Waals surface area contributed by atoms with Crippen molar-refractivity contribution in [3.05, 3.63) is 198 Å². The van der Waals surface area contributed by atoms with Gasteiger partial charge in [0.1, 0.15) is 0 Å². The third kappa shape index (κ3) is 3.88. The largest absolute Gasteiger partial charge is 0.256 e. The second kappa shape index (κ2) is 10.9. The van der Waals surface area contributed by atoms with Crippen LogP contribution in [0.4, 0.5) is 0 Å². The molecule has 3 nitrogen and oxygen atoms in total. The number of hydrogen-bond acceptors (Lipinski definition) is 3. The number of rotatable bonds is 3. The zero-order valence-corrected chi connectivity index (χ0v) is 28.5. The minimum atomic E-state index is -0.418. The van der Waals surface area contributed by atoms with Crippen molar-refractivity contribution in [1.82, 2.24) is 15.0 Å². The first kappa shape index (κ1) is 29.1. The summed E-state index contributed by atoms with van der Waals surface area (Å²) in [4.78, 5) is 15.4. The van der Waals surface area contributed by atoms with E-state index in [0.717, 1.165) is 50.0 Å². The highest BCUT2D eigenvalue weighted by molar-refractivity contribution is 6.01. The standard InChI is InChI=1S/C49H31N3/c1-30-29-31(33-27-28-50-44-23-10-5-15-36(33)44)25-26-32(30)47-38-17-6-11-24-45(38)51-48(52-47)39-18-12-22-43-46(39)37-16-4-9-21-42(37)49(43)40-19-7-2-13-34(40)35-14-3-8-20-41(35)49/h2-29H,1H3. The second-order valence-electron chi connectivity index (χ2n) is 13.9. The first-order chi connectivity index (χ1) is 25.7. The maximum atomic E-state index is 5.49. The van der Waals surface area contributed by atoms with Gasteiger partial charge in [0.15, 0.2) is 5.82 Å². The molecule has 2 aromatic heterocycles. The number of aromatic nitrogens is 3. The molecule has 2 aliphatic rings. The number of fused-ring (bicyclic) bond motifs is 12. The lowest BCUT2D eigenvalue weighted by atomic mass is 9.70. The monoisotopic (exact) mass is 661 g/mol. The maximum absolute atomic E-state index is 5.49. The highest BCUT2D eigenvalue weighted by Crippen LogP contribution is 2.63. The highest BCUT2D eigenvalue weighted by Gasteiger charge is 2.52. The van der Waals surface area contributed by atoms with E-state index in [1.54, 1.807) is 0 Å². The van der Waals surface area contributed by atoms with Crippen molar-refractivity contribution < 1.29 is 0 Å². The third-order valence-corrected chi connectivity index (χ3v) is 11.3. The molecule has 0 atom stereocenters. The molecule has 0 saturated carbocycles. The Morgan fingerprint density at radius 3 is 1.77 bits per heavy atom. The minimum absolute atomic E-state index is 0.418. The Bertz CT molecular complexity index is 2890. The van der Waals surface area contributed by atoms with E-state index in [1.165, 1.54) is 55.6 Å². The second-order valence-corrected chi connectivity index (χ2v) is 13.9. The summed E-state index contributed by atoms with van der Waals surface area (Å²) >= 11 is 0. The predicted octanol–water partition coefficient (Wildman–Crippen LogP) is 11.8. The summed E-state index contributed by atoms with van der Waals surface area (Å²) in [5, 5.41) is 2.19. The van der Waals surface area contributed by atoms with Gasteiger partial charge in [0.05, 0.1) is 22.1 Å². The Morgan fingerprint density at radius 2 is 1.02 bits per heavy atom. The molecule has 7 aromatic carbocycles. The van der Waals surface area contributed by atoms with Crippen LogP contribution in [0, 0.1) is 6.92 Å². The van der Waals surface area contributed by atoms with Crippen molar-refractivity contribution in [1.29, 1.82) is 0 Å². The zero-order chi connectivity index (χ0) is 34.4. The fourth-order valence-corrected chi connectivity index (χ4v) is 9.18. The molecular weight excluding hydrogens is 631 g/mol. The van der Waals surface area contributed by atoms with Crippen molar-refractivity contribution >= 4 is 21.8 Å². The van der Waals surface area contributed by atoms with Gasteiger partial charge in [-0.15, -0.1) is 0 Å². The van der Waals surface area contributed by atoms with E-state index in [4.69, 9.17) is 9.97 Å². The van der Waals surface area contributed by atoms with Crippen LogP contribution in [0.15, 0.2) is 170 Å². The van der Waals surface area contributed by atoms with Crippen LogP contribution < -0.4 is 0 Å². The van der Waals surface area contributed by atoms with Gasteiger partial charge in [-0.05, 0) is 86.3 Å². The molecule has 0 amide bonds. The van der Waals surface area contributed by atoms with Gasteiger partial charge in [0.2, 0.25) is 0 Å². The SMILES string of the molecule is Cc1cc(-c2ccnc3ccccc23)ccc1-c1nc(-c2cccc3c2-c2ccccc2C32c3ccccc3-c3ccccc32)nc2ccccc12. The highest BCUT2D eigenvalue weighted by atomic mass is 14.9. The first-order valence-corrected chi connectivity index (χ1v) is 17.9. The van der Waals surface area contributed by atoms with E-state index >= 15 is 0 Å². The molecule has 0 N–H and O–H groups in total. The van der Waals surface area contributed by atoms with Crippen molar-refractivity contribution in [3.8, 4) is 56.0 Å². The third-order valence-electron chi connectivity index (χ3n) is 11.3. The molecule has 3 heteroatoms. The van der Waals surface area contributed by atoms with Crippen LogP contribution in [0.1, 0.15) is 27.8 Å². The summed E-state index contributed by atoms with van der Waals surface area (Å²) in [6, 6.07) is 59.1. The molecule has 1 spiro atoms. The van der Waals surface area contributed by atoms with Crippen LogP contribution in [-0.2, 0) is 5.41 Å². The summed E-state index contributed by atoms with van der Waals surface area (Å²) < 4.78 is 0. The molecule has 0 aliphatic heterocycles. The lowest BCUT2D eigenvalue weighted by Crippen LogP contribution is -2.25. The Morgan fingerprint density at radius 1 is 0.423 bits per heavy atom. The number of nitrogens with zero attached hydrogens (tertiary/aromatic N) is 3. The quantitative estimate of drug-likeness (QED) is 0.189. The van der Waals surface area contributed by atoms with Gasteiger partial charge >= 0.3 is 0 Å². The average molecular weight is 662 g/mol. The van der Waals surface area contributed by atoms with Crippen LogP contribution >= 0.6 is 0 Å². The summed E-state index contributed by atoms with van der Waals surface area (Å²) in [6.45, 7) is 2.19. The molecule has 9 aromatic rings. The lowest BCUT2D eigenvalue weighted by Gasteiger charge is -2.30. The molecule has 0 unspecified atom stereocenters. The van der Waals surface area contributed by atoms with E-state index in [0.29, 0.717) is 0 Å². The Kier molecular flexibility index (Phi) is 6.09. The normalized spacial score (nSPS) is 13.2. The van der Waals surface area contributed by atoms with Crippen LogP contribution in [0.3, 0.4) is 0 Å². The van der Waals surface area contributed by atoms with Crippen LogP contribution in [0.2, 0.25) is 0 Å². The maximum Gasteiger partial charge on any atom is 0.161 e. The molecule has 0 fully saturated rings. The Hall–Kier alpha value is -6.71. The van der Waals surface area contributed by atoms with Gasteiger partial charge in [-0.25, -0.2) is 9.97 Å². The molecule has 2 aliphatic carbocycles. The number of aryl methyl sites for hydroxylation is 1. The first-order valence-electron chi connectivity index (χ1n) is 17.9. The number of para-hydroxylation sites is 2. The summed E-state index contributed by atoms with van der Waals surface area (Å²) in [5.41, 5.74) is 18.4. The number of benzene rings is 7. The smallest absolute Gasteiger partial charge is 0.161 e. The van der Waals surface area contributed by atoms with E-state index in [2.05, 4.69) is 170 Å². The van der Waals surface area contributed by atoms with E-state index < -0.39 is 5.41 Å². The Balaban J connectivity index is 1.14. The average Bonchev–Trinajstić information content (AvgIpc) is 3.68. The van der Waals surface area contributed by atoms with Crippen LogP contribution in [0.5, 0.6) is 0 Å². The summed E-state index contributed by atoms with van der Waals surface area (Å²) in [7, 11) is 0. The van der Waals surface area contributed by atoms with Gasteiger partial charge in [0.25, 0.3) is 0 Å². The van der Waals surface area contributed by atoms with E-state index in [1.807, 2.05) is 12.3 Å². The topological polar surface area (TPSA) is 38.7 Å². The van der Waals surface area contributed by atoms with E-state index in [-0.39, 0.29) is 0 Å². The molecule has 11 rings (SSSR count). The van der Waals surface area contributed by atoms with Crippen molar-refractivity contribution in [2.45, 2.75) is 12.3 Å². The van der Waals surface area contributed by atoms with Gasteiger partial charge in [0, 0.05) is 28.1 Å². The molecule has 52 heavy (non-hydrogen) atoms. The van der Waals surface area contributed by atoms with Gasteiger partial charge in [-0.2, -0.15) is 0 Å². The van der Waals surface area contributed by atoms with Crippen LogP contribution in [-0.4, -0.2) is 15.0 Å². The fraction of sp³-hybridized carbons (Fsp3) is 0.0408. The zero-order valence-electron chi connectivity index (χ0n) is 28.5. The molecule has 242 valence electrons. The Labute approximate surface area is 302 Å². The molecule has 0 bridgehead atoms. The van der Waals surface area contributed by atoms with Gasteiger partial charge in [-0.1, -0.05) is 146 Å². The molecule has 0 radical (unpaired) electrons. The molecular formula is C49H31N3. The lowest BCUT2D eigenvalue weighted by molar-refractivity contribution is 0.794. The summed E-state index contributed by atoms with van der Waals surface area (Å²) in [5.74, 6) is 0.737. The number of pyridine rings is 1. The fourth-order valence-electron chi connectivity index (χ4n) is 9.18. The number of hydrogen-bond donors (Lipinski definition) is 0. The molecule has 2 heterocycles. The minimum Gasteiger partial charge on any atom is -0.256 e. The van der Waals surface area contributed by atoms with E-state index in [9.17, 15) is 0 Å². The summed E-state index contributed by atoms with van der Waals surface area (Å²) in [6.07, 6.45) is 1.90. The van der Waals surface area contributed by atoms with Gasteiger partial charge < -0.3 is 0 Å². The predicted molar refractivity (Wildman–Crippen MR) is 212 cm³/mol.